The number of carbonyl (C=O) groups excluding carboxylic acids is 2. The van der Waals surface area contributed by atoms with E-state index in [0.717, 1.165) is 5.56 Å². The van der Waals surface area contributed by atoms with Gasteiger partial charge in [0.1, 0.15) is 5.70 Å². The van der Waals surface area contributed by atoms with Crippen molar-refractivity contribution >= 4 is 61.1 Å². The van der Waals surface area contributed by atoms with E-state index in [-0.39, 0.29) is 11.3 Å². The van der Waals surface area contributed by atoms with Gasteiger partial charge in [0.15, 0.2) is 0 Å². The maximum absolute atomic E-state index is 12.5. The van der Waals surface area contributed by atoms with E-state index in [9.17, 15) is 9.59 Å². The highest BCUT2D eigenvalue weighted by Gasteiger charge is 2.30. The number of rotatable bonds is 3. The predicted octanol–water partition coefficient (Wildman–Crippen LogP) is 4.66. The van der Waals surface area contributed by atoms with Crippen LogP contribution < -0.4 is 4.90 Å². The maximum Gasteiger partial charge on any atom is 0.355 e. The number of ether oxygens (including phenoxy) is 2. The molecule has 1 aliphatic rings. The van der Waals surface area contributed by atoms with Gasteiger partial charge in [-0.2, -0.15) is 0 Å². The number of hydrogen-bond donors (Lipinski definition) is 0. The zero-order valence-corrected chi connectivity index (χ0v) is 17.5. The topological polar surface area (TPSA) is 55.8 Å². The second-order valence-corrected chi connectivity index (χ2v) is 7.00. The zero-order chi connectivity index (χ0) is 18.7. The van der Waals surface area contributed by atoms with Crippen molar-refractivity contribution in [3.8, 4) is 0 Å². The third-order valence-electron chi connectivity index (χ3n) is 3.51. The Morgan fingerprint density at radius 3 is 2.36 bits per heavy atom. The van der Waals surface area contributed by atoms with Crippen LogP contribution in [-0.2, 0) is 19.1 Å². The molecule has 132 valence electrons. The molecule has 0 bridgehead atoms. The summed E-state index contributed by atoms with van der Waals surface area (Å²) in [5.41, 5.74) is 1.49. The largest absolute Gasteiger partial charge is 0.465 e. The van der Waals surface area contributed by atoms with Crippen molar-refractivity contribution in [2.75, 3.05) is 19.1 Å². The van der Waals surface area contributed by atoms with Crippen molar-refractivity contribution in [2.24, 2.45) is 0 Å². The van der Waals surface area contributed by atoms with Gasteiger partial charge < -0.3 is 14.4 Å². The third-order valence-corrected chi connectivity index (χ3v) is 5.47. The Bertz CT molecular complexity index is 830. The van der Waals surface area contributed by atoms with Gasteiger partial charge >= 0.3 is 11.9 Å². The number of methoxy groups -OCH3 is 2. The normalized spacial score (nSPS) is 13.8. The fourth-order valence-electron chi connectivity index (χ4n) is 2.23. The Morgan fingerprint density at radius 2 is 1.76 bits per heavy atom. The second kappa shape index (κ2) is 8.21. The summed E-state index contributed by atoms with van der Waals surface area (Å²) in [6, 6.07) is 1.72. The van der Waals surface area contributed by atoms with E-state index in [4.69, 9.17) is 21.1 Å². The molecule has 0 amide bonds. The van der Waals surface area contributed by atoms with Gasteiger partial charge in [0, 0.05) is 20.2 Å². The second-order valence-electron chi connectivity index (χ2n) is 4.94. The smallest absolute Gasteiger partial charge is 0.355 e. The van der Waals surface area contributed by atoms with Crippen LogP contribution in [0.25, 0.3) is 0 Å². The van der Waals surface area contributed by atoms with Gasteiger partial charge in [0.05, 0.1) is 25.5 Å². The van der Waals surface area contributed by atoms with Crippen molar-refractivity contribution in [2.45, 2.75) is 6.92 Å². The molecule has 1 heterocycles. The van der Waals surface area contributed by atoms with Gasteiger partial charge in [-0.25, -0.2) is 9.59 Å². The number of carbonyl (C=O) groups is 2. The van der Waals surface area contributed by atoms with Crippen molar-refractivity contribution in [1.29, 1.82) is 0 Å². The van der Waals surface area contributed by atoms with Gasteiger partial charge in [0.2, 0.25) is 0 Å². The minimum atomic E-state index is -0.678. The number of benzene rings is 1. The van der Waals surface area contributed by atoms with E-state index in [0.29, 0.717) is 19.7 Å². The van der Waals surface area contributed by atoms with Crippen LogP contribution in [0.3, 0.4) is 0 Å². The lowest BCUT2D eigenvalue weighted by atomic mass is 10.1. The number of halogens is 3. The molecule has 0 fully saturated rings. The quantitative estimate of drug-likeness (QED) is 0.576. The summed E-state index contributed by atoms with van der Waals surface area (Å²) in [5.74, 6) is -1.33. The Hall–Kier alpha value is -1.57. The first-order valence-corrected chi connectivity index (χ1v) is 8.99. The Morgan fingerprint density at radius 1 is 1.12 bits per heavy atom. The Kier molecular flexibility index (Phi) is 6.48. The molecule has 0 saturated carbocycles. The molecule has 0 radical (unpaired) electrons. The minimum absolute atomic E-state index is 0.0301. The third kappa shape index (κ3) is 3.83. The fraction of sp³-hybridized carbons (Fsp3) is 0.176. The fourth-order valence-corrected chi connectivity index (χ4v) is 4.18. The summed E-state index contributed by atoms with van der Waals surface area (Å²) in [6.45, 7) is 1.84. The molecule has 1 aliphatic heterocycles. The highest BCUT2D eigenvalue weighted by molar-refractivity contribution is 9.11. The number of hydrogen-bond acceptors (Lipinski definition) is 5. The number of allylic oxidation sites excluding steroid dienone is 2. The van der Waals surface area contributed by atoms with Gasteiger partial charge in [0.25, 0.3) is 0 Å². The van der Waals surface area contributed by atoms with Crippen LogP contribution in [0.4, 0.5) is 5.69 Å². The Balaban J connectivity index is 2.81. The molecule has 25 heavy (non-hydrogen) atoms. The van der Waals surface area contributed by atoms with Crippen LogP contribution in [0, 0.1) is 6.92 Å². The molecule has 0 aromatic heterocycles. The van der Waals surface area contributed by atoms with Gasteiger partial charge in [-0.3, -0.25) is 0 Å². The van der Waals surface area contributed by atoms with Crippen LogP contribution in [-0.4, -0.2) is 26.2 Å². The Labute approximate surface area is 167 Å². The van der Waals surface area contributed by atoms with Crippen molar-refractivity contribution in [3.05, 3.63) is 61.3 Å². The van der Waals surface area contributed by atoms with E-state index < -0.39 is 11.9 Å². The lowest BCUT2D eigenvalue weighted by Crippen LogP contribution is -2.27. The summed E-state index contributed by atoms with van der Waals surface area (Å²) in [6.07, 6.45) is 6.48. The average Bonchev–Trinajstić information content (AvgIpc) is 2.81. The van der Waals surface area contributed by atoms with E-state index in [1.807, 2.05) is 6.92 Å². The van der Waals surface area contributed by atoms with E-state index in [1.165, 1.54) is 20.3 Å². The van der Waals surface area contributed by atoms with E-state index in [2.05, 4.69) is 31.9 Å². The molecule has 0 spiro atoms. The van der Waals surface area contributed by atoms with Crippen molar-refractivity contribution < 1.29 is 19.1 Å². The highest BCUT2D eigenvalue weighted by Crippen LogP contribution is 2.42. The first kappa shape index (κ1) is 19.8. The molecule has 1 aromatic carbocycles. The van der Waals surface area contributed by atoms with Crippen molar-refractivity contribution in [3.63, 3.8) is 0 Å². The molecular formula is C17H14Br2ClNO4. The summed E-state index contributed by atoms with van der Waals surface area (Å²) >= 11 is 13.2. The zero-order valence-electron chi connectivity index (χ0n) is 13.6. The number of nitrogens with zero attached hydrogens (tertiary/aromatic N) is 1. The van der Waals surface area contributed by atoms with Gasteiger partial charge in [-0.15, -0.1) is 0 Å². The maximum atomic E-state index is 12.5. The SMILES string of the molecule is COC(=O)C1=C(C(=O)OC)N(c2c(Br)cc(Cl)c(C)c2Br)C=CC=C1. The summed E-state index contributed by atoms with van der Waals surface area (Å²) in [5, 5.41) is 0.552. The molecule has 0 unspecified atom stereocenters. The predicted molar refractivity (Wildman–Crippen MR) is 103 cm³/mol. The first-order chi connectivity index (χ1) is 11.8. The van der Waals surface area contributed by atoms with Crippen LogP contribution in [0.2, 0.25) is 5.02 Å². The monoisotopic (exact) mass is 489 g/mol. The number of anilines is 1. The lowest BCUT2D eigenvalue weighted by Gasteiger charge is -2.26. The van der Waals surface area contributed by atoms with E-state index >= 15 is 0 Å². The van der Waals surface area contributed by atoms with E-state index in [1.54, 1.807) is 29.3 Å². The molecule has 0 N–H and O–H groups in total. The summed E-state index contributed by atoms with van der Waals surface area (Å²) in [4.78, 5) is 26.2. The molecule has 1 aromatic rings. The molecule has 2 rings (SSSR count). The molecular weight excluding hydrogens is 477 g/mol. The summed E-state index contributed by atoms with van der Waals surface area (Å²) < 4.78 is 11.0. The molecule has 8 heteroatoms. The lowest BCUT2D eigenvalue weighted by molar-refractivity contribution is -0.139. The highest BCUT2D eigenvalue weighted by atomic mass is 79.9. The molecule has 0 saturated heterocycles. The van der Waals surface area contributed by atoms with Crippen LogP contribution in [0.15, 0.2) is 50.7 Å². The molecule has 0 atom stereocenters. The average molecular weight is 492 g/mol. The van der Waals surface area contributed by atoms with Gasteiger partial charge in [-0.05, 0) is 62.6 Å². The molecule has 0 aliphatic carbocycles. The number of esters is 2. The summed E-state index contributed by atoms with van der Waals surface area (Å²) in [7, 11) is 2.50. The van der Waals surface area contributed by atoms with Crippen molar-refractivity contribution in [1.82, 2.24) is 0 Å². The minimum Gasteiger partial charge on any atom is -0.465 e. The first-order valence-electron chi connectivity index (χ1n) is 7.02. The molecule has 5 nitrogen and oxygen atoms in total. The van der Waals surface area contributed by atoms with Gasteiger partial charge in [-0.1, -0.05) is 17.7 Å². The standard InChI is InChI=1S/C17H14Br2ClNO4/c1-9-12(20)8-11(18)15(13(9)19)21-7-5-4-6-10(16(22)24-2)14(21)17(23)25-3/h4-8H,1-3H3. The van der Waals surface area contributed by atoms with Crippen LogP contribution in [0.5, 0.6) is 0 Å². The van der Waals surface area contributed by atoms with Crippen LogP contribution >= 0.6 is 43.5 Å². The van der Waals surface area contributed by atoms with Crippen LogP contribution in [0.1, 0.15) is 5.56 Å².